The summed E-state index contributed by atoms with van der Waals surface area (Å²) in [6.07, 6.45) is 2.70. The van der Waals surface area contributed by atoms with Gasteiger partial charge in [0.25, 0.3) is 0 Å². The third-order valence-electron chi connectivity index (χ3n) is 4.07. The Morgan fingerprint density at radius 2 is 1.83 bits per heavy atom. The van der Waals surface area contributed by atoms with Crippen molar-refractivity contribution in [3.8, 4) is 17.4 Å². The number of aromatic nitrogens is 1. The maximum atomic E-state index is 5.99. The third kappa shape index (κ3) is 7.49. The first-order chi connectivity index (χ1) is 14.3. The van der Waals surface area contributed by atoms with Crippen LogP contribution in [0.3, 0.4) is 0 Å². The molecule has 6 nitrogen and oxygen atoms in total. The van der Waals surface area contributed by atoms with E-state index in [1.54, 1.807) is 24.6 Å². The van der Waals surface area contributed by atoms with Gasteiger partial charge in [-0.15, -0.1) is 24.0 Å². The number of rotatable bonds is 9. The van der Waals surface area contributed by atoms with Crippen LogP contribution in [0.25, 0.3) is 0 Å². The zero-order valence-corrected chi connectivity index (χ0v) is 20.3. The van der Waals surface area contributed by atoms with E-state index in [-0.39, 0.29) is 24.0 Å². The van der Waals surface area contributed by atoms with Crippen molar-refractivity contribution >= 4 is 41.3 Å². The van der Waals surface area contributed by atoms with Crippen LogP contribution in [0.4, 0.5) is 0 Å². The molecule has 0 saturated carbocycles. The van der Waals surface area contributed by atoms with Crippen LogP contribution in [0.2, 0.25) is 0 Å². The number of thiophene rings is 1. The molecule has 0 bridgehead atoms. The quantitative estimate of drug-likeness (QED) is 0.223. The molecule has 8 heteroatoms. The van der Waals surface area contributed by atoms with Gasteiger partial charge in [0.15, 0.2) is 5.96 Å². The Bertz CT molecular complexity index is 902. The van der Waals surface area contributed by atoms with Gasteiger partial charge in [-0.2, -0.15) is 11.3 Å². The molecule has 2 N–H and O–H groups in total. The number of pyridine rings is 1. The predicted octanol–water partition coefficient (Wildman–Crippen LogP) is 5.21. The smallest absolute Gasteiger partial charge is 0.224 e. The van der Waals surface area contributed by atoms with E-state index in [0.717, 1.165) is 30.2 Å². The lowest BCUT2D eigenvalue weighted by molar-refractivity contribution is 0.317. The zero-order valence-electron chi connectivity index (χ0n) is 17.1. The lowest BCUT2D eigenvalue weighted by atomic mass is 10.2. The summed E-state index contributed by atoms with van der Waals surface area (Å²) in [5.74, 6) is 2.84. The second kappa shape index (κ2) is 13.1. The molecule has 0 aliphatic heterocycles. The summed E-state index contributed by atoms with van der Waals surface area (Å²) in [5.41, 5.74) is 2.17. The van der Waals surface area contributed by atoms with Crippen LogP contribution in [0.1, 0.15) is 24.5 Å². The number of guanidine groups is 1. The summed E-state index contributed by atoms with van der Waals surface area (Å²) >= 11 is 1.68. The molecule has 3 aromatic rings. The Morgan fingerprint density at radius 3 is 2.53 bits per heavy atom. The average Bonchev–Trinajstić information content (AvgIpc) is 3.28. The van der Waals surface area contributed by atoms with Gasteiger partial charge in [-0.25, -0.2) is 4.98 Å². The van der Waals surface area contributed by atoms with Crippen molar-refractivity contribution in [1.82, 2.24) is 15.6 Å². The number of nitrogens with one attached hydrogen (secondary N) is 2. The standard InChI is InChI=1S/C22H26N4O2S.HI/c1-3-12-27-19-6-8-20(9-7-19)28-21-18(5-4-11-24-21)15-26-22(23-2)25-14-17-10-13-29-16-17;/h4-11,13,16H,3,12,14-15H2,1-2H3,(H2,23,25,26);1H. The fourth-order valence-corrected chi connectivity index (χ4v) is 3.23. The van der Waals surface area contributed by atoms with E-state index in [1.165, 1.54) is 5.56 Å². The fraction of sp³-hybridized carbons (Fsp3) is 0.273. The monoisotopic (exact) mass is 538 g/mol. The highest BCUT2D eigenvalue weighted by Gasteiger charge is 2.08. The van der Waals surface area contributed by atoms with Crippen molar-refractivity contribution in [2.75, 3.05) is 13.7 Å². The van der Waals surface area contributed by atoms with Crippen LogP contribution >= 0.6 is 35.3 Å². The minimum Gasteiger partial charge on any atom is -0.494 e. The maximum Gasteiger partial charge on any atom is 0.224 e. The van der Waals surface area contributed by atoms with Crippen molar-refractivity contribution in [2.45, 2.75) is 26.4 Å². The van der Waals surface area contributed by atoms with Crippen LogP contribution in [-0.4, -0.2) is 24.6 Å². The van der Waals surface area contributed by atoms with Gasteiger partial charge in [-0.05, 0) is 59.1 Å². The molecular formula is C22H27IN4O2S. The van der Waals surface area contributed by atoms with E-state index in [0.29, 0.717) is 24.8 Å². The van der Waals surface area contributed by atoms with Crippen molar-refractivity contribution in [1.29, 1.82) is 0 Å². The molecule has 0 unspecified atom stereocenters. The van der Waals surface area contributed by atoms with Gasteiger partial charge >= 0.3 is 0 Å². The Morgan fingerprint density at radius 1 is 1.07 bits per heavy atom. The number of ether oxygens (including phenoxy) is 2. The first kappa shape index (κ1) is 23.9. The molecule has 3 rings (SSSR count). The lowest BCUT2D eigenvalue weighted by Crippen LogP contribution is -2.36. The molecule has 160 valence electrons. The molecule has 2 heterocycles. The average molecular weight is 538 g/mol. The third-order valence-corrected chi connectivity index (χ3v) is 4.80. The van der Waals surface area contributed by atoms with E-state index in [2.05, 4.69) is 44.4 Å². The van der Waals surface area contributed by atoms with Crippen LogP contribution in [0.15, 0.2) is 64.4 Å². The van der Waals surface area contributed by atoms with Crippen molar-refractivity contribution < 1.29 is 9.47 Å². The molecule has 0 atom stereocenters. The second-order valence-electron chi connectivity index (χ2n) is 6.30. The van der Waals surface area contributed by atoms with Gasteiger partial charge in [0.05, 0.1) is 6.61 Å². The molecule has 1 aromatic carbocycles. The van der Waals surface area contributed by atoms with E-state index in [1.807, 2.05) is 36.4 Å². The van der Waals surface area contributed by atoms with Crippen LogP contribution in [-0.2, 0) is 13.1 Å². The molecule has 0 spiro atoms. The van der Waals surface area contributed by atoms with Gasteiger partial charge in [0.2, 0.25) is 5.88 Å². The summed E-state index contributed by atoms with van der Waals surface area (Å²) in [6.45, 7) is 4.06. The van der Waals surface area contributed by atoms with Gasteiger partial charge < -0.3 is 20.1 Å². The van der Waals surface area contributed by atoms with Gasteiger partial charge in [-0.3, -0.25) is 4.99 Å². The Kier molecular flexibility index (Phi) is 10.4. The summed E-state index contributed by atoms with van der Waals surface area (Å²) < 4.78 is 11.6. The van der Waals surface area contributed by atoms with E-state index in [9.17, 15) is 0 Å². The molecule has 2 aromatic heterocycles. The van der Waals surface area contributed by atoms with Gasteiger partial charge in [-0.1, -0.05) is 13.0 Å². The molecule has 0 aliphatic carbocycles. The lowest BCUT2D eigenvalue weighted by Gasteiger charge is -2.14. The number of nitrogens with zero attached hydrogens (tertiary/aromatic N) is 2. The fourth-order valence-electron chi connectivity index (χ4n) is 2.56. The van der Waals surface area contributed by atoms with Crippen molar-refractivity contribution in [3.63, 3.8) is 0 Å². The number of aliphatic imine (C=N–C) groups is 1. The summed E-state index contributed by atoms with van der Waals surface area (Å²) in [7, 11) is 1.76. The van der Waals surface area contributed by atoms with Crippen LogP contribution in [0, 0.1) is 0 Å². The predicted molar refractivity (Wildman–Crippen MR) is 133 cm³/mol. The molecule has 0 fully saturated rings. The summed E-state index contributed by atoms with van der Waals surface area (Å²) in [6, 6.07) is 13.6. The molecule has 0 saturated heterocycles. The van der Waals surface area contributed by atoms with E-state index >= 15 is 0 Å². The van der Waals surface area contributed by atoms with Crippen molar-refractivity contribution in [2.24, 2.45) is 4.99 Å². The molecule has 0 radical (unpaired) electrons. The number of hydrogen-bond donors (Lipinski definition) is 2. The largest absolute Gasteiger partial charge is 0.494 e. The van der Waals surface area contributed by atoms with Crippen LogP contribution in [0.5, 0.6) is 17.4 Å². The zero-order chi connectivity index (χ0) is 20.3. The van der Waals surface area contributed by atoms with Crippen LogP contribution < -0.4 is 20.1 Å². The van der Waals surface area contributed by atoms with Gasteiger partial charge in [0, 0.05) is 31.9 Å². The van der Waals surface area contributed by atoms with Crippen molar-refractivity contribution in [3.05, 3.63) is 70.5 Å². The number of hydrogen-bond acceptors (Lipinski definition) is 5. The SMILES string of the molecule is CCCOc1ccc(Oc2ncccc2CNC(=NC)NCc2ccsc2)cc1.I. The number of benzene rings is 1. The summed E-state index contributed by atoms with van der Waals surface area (Å²) in [5, 5.41) is 10.8. The van der Waals surface area contributed by atoms with Gasteiger partial charge in [0.1, 0.15) is 11.5 Å². The minimum absolute atomic E-state index is 0. The highest BCUT2D eigenvalue weighted by atomic mass is 127. The van der Waals surface area contributed by atoms with E-state index in [4.69, 9.17) is 9.47 Å². The first-order valence-corrected chi connectivity index (χ1v) is 10.5. The minimum atomic E-state index is 0. The highest BCUT2D eigenvalue weighted by Crippen LogP contribution is 2.25. The Hall–Kier alpha value is -2.33. The highest BCUT2D eigenvalue weighted by molar-refractivity contribution is 14.0. The topological polar surface area (TPSA) is 67.8 Å². The molecular weight excluding hydrogens is 511 g/mol. The Balaban J connectivity index is 0.00000320. The molecule has 30 heavy (non-hydrogen) atoms. The maximum absolute atomic E-state index is 5.99. The Labute approximate surface area is 198 Å². The molecule has 0 aliphatic rings. The molecule has 0 amide bonds. The second-order valence-corrected chi connectivity index (χ2v) is 7.08. The first-order valence-electron chi connectivity index (χ1n) is 9.58. The normalized spacial score (nSPS) is 10.8. The number of halogens is 1. The van der Waals surface area contributed by atoms with E-state index < -0.39 is 0 Å². The summed E-state index contributed by atoms with van der Waals surface area (Å²) in [4.78, 5) is 8.66.